The van der Waals surface area contributed by atoms with Crippen LogP contribution in [-0.2, 0) is 0 Å². The van der Waals surface area contributed by atoms with Gasteiger partial charge in [0.25, 0.3) is 0 Å². The maximum Gasteiger partial charge on any atom is 0.143 e. The van der Waals surface area contributed by atoms with E-state index in [1.165, 1.54) is 32.8 Å². The van der Waals surface area contributed by atoms with Crippen molar-refractivity contribution in [3.05, 3.63) is 206 Å². The summed E-state index contributed by atoms with van der Waals surface area (Å²) in [4.78, 5) is 2.37. The second kappa shape index (κ2) is 12.6. The van der Waals surface area contributed by atoms with Gasteiger partial charge < -0.3 is 13.9 Å². The van der Waals surface area contributed by atoms with Gasteiger partial charge in [-0.1, -0.05) is 146 Å². The highest BCUT2D eigenvalue weighted by atomic mass is 16.3. The minimum atomic E-state index is 0.910. The van der Waals surface area contributed by atoms with Crippen LogP contribution in [-0.4, -0.2) is 4.57 Å². The quantitative estimate of drug-likeness (QED) is 0.172. The molecule has 11 aromatic rings. The number of rotatable bonds is 6. The van der Waals surface area contributed by atoms with Crippen LogP contribution < -0.4 is 4.90 Å². The molecule has 0 amide bonds. The Morgan fingerprint density at radius 1 is 0.345 bits per heavy atom. The maximum absolute atomic E-state index is 6.72. The molecule has 0 radical (unpaired) electrons. The number of aromatic nitrogens is 1. The number of hydrogen-bond acceptors (Lipinski definition) is 2. The van der Waals surface area contributed by atoms with Crippen molar-refractivity contribution in [2.45, 2.75) is 0 Å². The molecular formula is C52H34N2O. The standard InChI is InChI=1S/C52H34N2O/c1-3-13-35(14-4-1)38-16-11-19-41(33-38)53(42-30-32-46-45-21-9-10-24-49(45)54(50(46)34-42)39-17-5-2-6-18-39)40-28-25-37(26-29-40)44-22-12-23-47-48-31-27-36-15-7-8-20-43(36)52(48)55-51(44)47/h1-34H. The van der Waals surface area contributed by atoms with Crippen LogP contribution in [0.4, 0.5) is 17.1 Å². The summed E-state index contributed by atoms with van der Waals surface area (Å²) in [6, 6.07) is 73.9. The fourth-order valence-electron chi connectivity index (χ4n) is 8.40. The van der Waals surface area contributed by atoms with Gasteiger partial charge in [-0.15, -0.1) is 0 Å². The normalized spacial score (nSPS) is 11.6. The lowest BCUT2D eigenvalue weighted by atomic mass is 10.0. The van der Waals surface area contributed by atoms with Gasteiger partial charge in [0.1, 0.15) is 11.2 Å². The van der Waals surface area contributed by atoms with Crippen molar-refractivity contribution in [1.82, 2.24) is 4.57 Å². The number of fused-ring (bicyclic) bond motifs is 8. The molecule has 0 unspecified atom stereocenters. The van der Waals surface area contributed by atoms with E-state index in [2.05, 4.69) is 216 Å². The molecule has 0 saturated carbocycles. The van der Waals surface area contributed by atoms with Gasteiger partial charge in [0, 0.05) is 55.2 Å². The van der Waals surface area contributed by atoms with Gasteiger partial charge in [0.2, 0.25) is 0 Å². The number of hydrogen-bond donors (Lipinski definition) is 0. The van der Waals surface area contributed by atoms with Crippen molar-refractivity contribution in [1.29, 1.82) is 0 Å². The lowest BCUT2D eigenvalue weighted by molar-refractivity contribution is 0.674. The zero-order valence-corrected chi connectivity index (χ0v) is 29.9. The molecule has 2 heterocycles. The summed E-state index contributed by atoms with van der Waals surface area (Å²) in [7, 11) is 0. The molecule has 0 saturated heterocycles. The Morgan fingerprint density at radius 2 is 0.964 bits per heavy atom. The number of anilines is 3. The molecule has 9 aromatic carbocycles. The van der Waals surface area contributed by atoms with E-state index in [9.17, 15) is 0 Å². The first-order valence-electron chi connectivity index (χ1n) is 18.8. The van der Waals surface area contributed by atoms with Crippen molar-refractivity contribution < 1.29 is 4.42 Å². The van der Waals surface area contributed by atoms with Gasteiger partial charge in [0.05, 0.1) is 11.0 Å². The van der Waals surface area contributed by atoms with Crippen LogP contribution in [0, 0.1) is 0 Å². The van der Waals surface area contributed by atoms with Crippen molar-refractivity contribution in [3.63, 3.8) is 0 Å². The second-order valence-corrected chi connectivity index (χ2v) is 14.1. The zero-order valence-electron chi connectivity index (χ0n) is 29.9. The first-order chi connectivity index (χ1) is 27.3. The van der Waals surface area contributed by atoms with Gasteiger partial charge in [-0.05, 0) is 82.7 Å². The molecule has 11 rings (SSSR count). The third-order valence-electron chi connectivity index (χ3n) is 11.0. The fraction of sp³-hybridized carbons (Fsp3) is 0. The number of nitrogens with zero attached hydrogens (tertiary/aromatic N) is 2. The Labute approximate surface area is 318 Å². The van der Waals surface area contributed by atoms with Crippen LogP contribution in [0.15, 0.2) is 211 Å². The predicted molar refractivity (Wildman–Crippen MR) is 231 cm³/mol. The van der Waals surface area contributed by atoms with Gasteiger partial charge in [-0.2, -0.15) is 0 Å². The van der Waals surface area contributed by atoms with Gasteiger partial charge in [-0.25, -0.2) is 0 Å². The lowest BCUT2D eigenvalue weighted by Gasteiger charge is -2.26. The van der Waals surface area contributed by atoms with E-state index in [4.69, 9.17) is 4.42 Å². The predicted octanol–water partition coefficient (Wildman–Crippen LogP) is 14.6. The molecule has 258 valence electrons. The third-order valence-corrected chi connectivity index (χ3v) is 11.0. The molecular weight excluding hydrogens is 669 g/mol. The van der Waals surface area contributed by atoms with Crippen molar-refractivity contribution in [2.24, 2.45) is 0 Å². The van der Waals surface area contributed by atoms with Crippen LogP contribution in [0.3, 0.4) is 0 Å². The van der Waals surface area contributed by atoms with E-state index < -0.39 is 0 Å². The minimum Gasteiger partial charge on any atom is -0.455 e. The number of furan rings is 1. The third kappa shape index (κ3) is 5.13. The van der Waals surface area contributed by atoms with E-state index in [1.54, 1.807) is 0 Å². The summed E-state index contributed by atoms with van der Waals surface area (Å²) < 4.78 is 9.11. The minimum absolute atomic E-state index is 0.910. The van der Waals surface area contributed by atoms with Crippen LogP contribution in [0.5, 0.6) is 0 Å². The monoisotopic (exact) mass is 702 g/mol. The van der Waals surface area contributed by atoms with Crippen molar-refractivity contribution >= 4 is 71.6 Å². The number of para-hydroxylation sites is 3. The average Bonchev–Trinajstić information content (AvgIpc) is 3.81. The van der Waals surface area contributed by atoms with Crippen molar-refractivity contribution in [2.75, 3.05) is 4.90 Å². The summed E-state index contributed by atoms with van der Waals surface area (Å²) in [6.07, 6.45) is 0. The molecule has 55 heavy (non-hydrogen) atoms. The van der Waals surface area contributed by atoms with Crippen LogP contribution >= 0.6 is 0 Å². The molecule has 0 aliphatic carbocycles. The Kier molecular flexibility index (Phi) is 7.17. The molecule has 3 heteroatoms. The smallest absolute Gasteiger partial charge is 0.143 e. The van der Waals surface area contributed by atoms with E-state index in [0.717, 1.165) is 66.7 Å². The Balaban J connectivity index is 1.09. The lowest BCUT2D eigenvalue weighted by Crippen LogP contribution is -2.10. The SMILES string of the molecule is c1ccc(-c2cccc(N(c3ccc(-c4cccc5c4oc4c6ccccc6ccc54)cc3)c3ccc4c5ccccc5n(-c5ccccc5)c4c3)c2)cc1. The summed E-state index contributed by atoms with van der Waals surface area (Å²) in [6.45, 7) is 0. The van der Waals surface area contributed by atoms with E-state index in [1.807, 2.05) is 0 Å². The first kappa shape index (κ1) is 31.2. The van der Waals surface area contributed by atoms with Crippen LogP contribution in [0.25, 0.3) is 82.5 Å². The molecule has 0 fully saturated rings. The summed E-state index contributed by atoms with van der Waals surface area (Å²) in [5.41, 5.74) is 13.1. The van der Waals surface area contributed by atoms with Gasteiger partial charge in [0.15, 0.2) is 0 Å². The maximum atomic E-state index is 6.72. The highest BCUT2D eigenvalue weighted by molar-refractivity contribution is 6.17. The second-order valence-electron chi connectivity index (χ2n) is 14.1. The molecule has 3 nitrogen and oxygen atoms in total. The topological polar surface area (TPSA) is 21.3 Å². The Hall–Kier alpha value is -7.36. The molecule has 0 atom stereocenters. The molecule has 2 aromatic heterocycles. The molecule has 0 aliphatic rings. The number of benzene rings is 9. The van der Waals surface area contributed by atoms with Crippen LogP contribution in [0.2, 0.25) is 0 Å². The fourth-order valence-corrected chi connectivity index (χ4v) is 8.40. The molecule has 0 spiro atoms. The zero-order chi connectivity index (χ0) is 36.3. The average molecular weight is 703 g/mol. The van der Waals surface area contributed by atoms with Crippen molar-refractivity contribution in [3.8, 4) is 27.9 Å². The molecule has 0 bridgehead atoms. The van der Waals surface area contributed by atoms with E-state index in [0.29, 0.717) is 0 Å². The summed E-state index contributed by atoms with van der Waals surface area (Å²) in [5, 5.41) is 7.04. The first-order valence-corrected chi connectivity index (χ1v) is 18.8. The highest BCUT2D eigenvalue weighted by Crippen LogP contribution is 2.43. The Morgan fingerprint density at radius 3 is 1.82 bits per heavy atom. The van der Waals surface area contributed by atoms with E-state index in [-0.39, 0.29) is 0 Å². The highest BCUT2D eigenvalue weighted by Gasteiger charge is 2.19. The summed E-state index contributed by atoms with van der Waals surface area (Å²) in [5.74, 6) is 0. The van der Waals surface area contributed by atoms with E-state index >= 15 is 0 Å². The molecule has 0 aliphatic heterocycles. The summed E-state index contributed by atoms with van der Waals surface area (Å²) >= 11 is 0. The Bertz CT molecular complexity index is 3190. The van der Waals surface area contributed by atoms with Gasteiger partial charge in [-0.3, -0.25) is 0 Å². The largest absolute Gasteiger partial charge is 0.455 e. The van der Waals surface area contributed by atoms with Crippen LogP contribution in [0.1, 0.15) is 0 Å². The van der Waals surface area contributed by atoms with Gasteiger partial charge >= 0.3 is 0 Å². The molecule has 0 N–H and O–H groups in total.